The number of hydrogen-bond donors (Lipinski definition) is 3. The van der Waals surface area contributed by atoms with E-state index in [4.69, 9.17) is 5.73 Å². The Morgan fingerprint density at radius 3 is 2.89 bits per heavy atom. The number of rotatable bonds is 6. The normalized spacial score (nSPS) is 11.9. The first-order valence-electron chi connectivity index (χ1n) is 5.35. The number of aromatic amines is 1. The van der Waals surface area contributed by atoms with Crippen molar-refractivity contribution >= 4 is 37.3 Å². The average Bonchev–Trinajstić information content (AvgIpc) is 2.98. The van der Waals surface area contributed by atoms with E-state index in [0.29, 0.717) is 22.6 Å². The third kappa shape index (κ3) is 3.60. The van der Waals surface area contributed by atoms with Gasteiger partial charge in [0.2, 0.25) is 10.0 Å². The van der Waals surface area contributed by atoms with E-state index in [9.17, 15) is 8.42 Å². The molecular weight excluding hydrogens is 354 g/mol. The van der Waals surface area contributed by atoms with E-state index in [0.717, 1.165) is 4.88 Å². The van der Waals surface area contributed by atoms with Crippen molar-refractivity contribution in [3.8, 4) is 0 Å². The molecule has 2 aromatic heterocycles. The molecule has 10 heteroatoms. The molecule has 0 atom stereocenters. The van der Waals surface area contributed by atoms with Gasteiger partial charge in [-0.1, -0.05) is 0 Å². The van der Waals surface area contributed by atoms with Gasteiger partial charge in [0, 0.05) is 24.4 Å². The molecule has 0 aliphatic rings. The van der Waals surface area contributed by atoms with Gasteiger partial charge in [-0.25, -0.2) is 18.1 Å². The molecule has 0 aromatic carbocycles. The fourth-order valence-corrected chi connectivity index (χ4v) is 5.01. The van der Waals surface area contributed by atoms with Crippen LogP contribution in [0.5, 0.6) is 0 Å². The van der Waals surface area contributed by atoms with E-state index in [2.05, 4.69) is 35.8 Å². The number of hydrogen-bond acceptors (Lipinski definition) is 6. The molecule has 0 spiro atoms. The molecule has 0 aliphatic carbocycles. The molecule has 0 unspecified atom stereocenters. The van der Waals surface area contributed by atoms with Gasteiger partial charge in [0.05, 0.1) is 3.79 Å². The molecule has 104 valence electrons. The topological polar surface area (TPSA) is 114 Å². The second-order valence-electron chi connectivity index (χ2n) is 3.63. The number of nitrogens with two attached hydrogens (primary N) is 1. The monoisotopic (exact) mass is 365 g/mol. The number of thiophene rings is 1. The maximum Gasteiger partial charge on any atom is 0.242 e. The van der Waals surface area contributed by atoms with Crippen molar-refractivity contribution in [3.05, 3.63) is 26.9 Å². The van der Waals surface area contributed by atoms with Crippen LogP contribution in [-0.4, -0.2) is 30.1 Å². The van der Waals surface area contributed by atoms with Crippen molar-refractivity contribution in [3.63, 3.8) is 0 Å². The molecule has 0 bridgehead atoms. The maximum absolute atomic E-state index is 12.1. The molecule has 4 N–H and O–H groups in total. The van der Waals surface area contributed by atoms with Crippen LogP contribution in [0.25, 0.3) is 0 Å². The van der Waals surface area contributed by atoms with Crippen LogP contribution < -0.4 is 10.5 Å². The number of H-pyrrole nitrogens is 1. The number of nitrogens with zero attached hydrogens (tertiary/aromatic N) is 2. The predicted molar refractivity (Wildman–Crippen MR) is 75.2 cm³/mol. The van der Waals surface area contributed by atoms with Gasteiger partial charge in [-0.05, 0) is 22.0 Å². The summed E-state index contributed by atoms with van der Waals surface area (Å²) >= 11 is 4.56. The summed E-state index contributed by atoms with van der Waals surface area (Å²) < 4.78 is 27.2. The van der Waals surface area contributed by atoms with Gasteiger partial charge < -0.3 is 5.73 Å². The van der Waals surface area contributed by atoms with E-state index in [1.54, 1.807) is 6.07 Å². The van der Waals surface area contributed by atoms with Crippen molar-refractivity contribution < 1.29 is 8.42 Å². The van der Waals surface area contributed by atoms with Crippen LogP contribution in [-0.2, 0) is 23.0 Å². The Morgan fingerprint density at radius 1 is 1.53 bits per heavy atom. The van der Waals surface area contributed by atoms with Crippen LogP contribution in [0.4, 0.5) is 0 Å². The zero-order chi connectivity index (χ0) is 13.9. The molecule has 0 amide bonds. The Bertz CT molecular complexity index is 638. The molecule has 7 nitrogen and oxygen atoms in total. The lowest BCUT2D eigenvalue weighted by molar-refractivity contribution is 0.581. The summed E-state index contributed by atoms with van der Waals surface area (Å²) in [5.74, 6) is 0.634. The van der Waals surface area contributed by atoms with E-state index in [-0.39, 0.29) is 11.4 Å². The highest BCUT2D eigenvalue weighted by Gasteiger charge is 2.20. The minimum absolute atomic E-state index is 0.218. The van der Waals surface area contributed by atoms with E-state index in [1.165, 1.54) is 17.7 Å². The smallest absolute Gasteiger partial charge is 0.242 e. The first-order chi connectivity index (χ1) is 9.03. The van der Waals surface area contributed by atoms with E-state index in [1.807, 2.05) is 0 Å². The summed E-state index contributed by atoms with van der Waals surface area (Å²) in [6.07, 6.45) is 1.83. The van der Waals surface area contributed by atoms with Gasteiger partial charge in [-0.3, -0.25) is 5.10 Å². The zero-order valence-corrected chi connectivity index (χ0v) is 13.0. The van der Waals surface area contributed by atoms with Crippen molar-refractivity contribution in [2.75, 3.05) is 6.54 Å². The Kier molecular flexibility index (Phi) is 4.68. The van der Waals surface area contributed by atoms with E-state index < -0.39 is 10.0 Å². The van der Waals surface area contributed by atoms with Crippen LogP contribution in [0.2, 0.25) is 0 Å². The first-order valence-corrected chi connectivity index (χ1v) is 8.44. The second kappa shape index (κ2) is 6.09. The Balaban J connectivity index is 2.03. The number of nitrogens with one attached hydrogen (secondary N) is 2. The van der Waals surface area contributed by atoms with Gasteiger partial charge in [0.25, 0.3) is 0 Å². The largest absolute Gasteiger partial charge is 0.326 e. The Morgan fingerprint density at radius 2 is 2.32 bits per heavy atom. The number of sulfonamides is 1. The number of aromatic nitrogens is 3. The van der Waals surface area contributed by atoms with Crippen LogP contribution in [0.15, 0.2) is 21.1 Å². The summed E-state index contributed by atoms with van der Waals surface area (Å²) in [6.45, 7) is 0.564. The van der Waals surface area contributed by atoms with Crippen molar-refractivity contribution in [2.24, 2.45) is 5.73 Å². The van der Waals surface area contributed by atoms with Gasteiger partial charge in [-0.15, -0.1) is 11.3 Å². The fraction of sp³-hybridized carbons (Fsp3) is 0.333. The van der Waals surface area contributed by atoms with Crippen LogP contribution in [0, 0.1) is 0 Å². The molecule has 0 saturated heterocycles. The third-order valence-electron chi connectivity index (χ3n) is 2.32. The van der Waals surface area contributed by atoms with Crippen LogP contribution in [0.1, 0.15) is 10.7 Å². The summed E-state index contributed by atoms with van der Waals surface area (Å²) in [4.78, 5) is 4.94. The quantitative estimate of drug-likeness (QED) is 0.693. The Labute approximate surface area is 122 Å². The SMILES string of the molecule is NCc1cc(S(=O)(=O)NCCc2ncn[nH]2)c(Br)s1. The molecule has 19 heavy (non-hydrogen) atoms. The van der Waals surface area contributed by atoms with Crippen molar-refractivity contribution in [1.82, 2.24) is 19.9 Å². The molecule has 2 rings (SSSR count). The summed E-state index contributed by atoms with van der Waals surface area (Å²) in [7, 11) is -3.54. The second-order valence-corrected chi connectivity index (χ2v) is 7.82. The minimum Gasteiger partial charge on any atom is -0.326 e. The molecule has 0 aliphatic heterocycles. The van der Waals surface area contributed by atoms with Gasteiger partial charge in [-0.2, -0.15) is 5.10 Å². The lowest BCUT2D eigenvalue weighted by Gasteiger charge is -2.04. The summed E-state index contributed by atoms with van der Waals surface area (Å²) in [6, 6.07) is 1.57. The predicted octanol–water partition coefficient (Wildman–Crippen LogP) is 0.608. The average molecular weight is 366 g/mol. The van der Waals surface area contributed by atoms with E-state index >= 15 is 0 Å². The lowest BCUT2D eigenvalue weighted by atomic mass is 10.4. The molecule has 0 radical (unpaired) electrons. The maximum atomic E-state index is 12.1. The standard InChI is InChI=1S/C9H12BrN5O2S2/c10-9-7(3-6(4-11)18-9)19(16,17)14-2-1-8-12-5-13-15-8/h3,5,14H,1-2,4,11H2,(H,12,13,15). The molecular formula is C9H12BrN5O2S2. The fourth-order valence-electron chi connectivity index (χ4n) is 1.41. The van der Waals surface area contributed by atoms with Gasteiger partial charge in [0.1, 0.15) is 17.0 Å². The zero-order valence-electron chi connectivity index (χ0n) is 9.76. The highest BCUT2D eigenvalue weighted by molar-refractivity contribution is 9.11. The van der Waals surface area contributed by atoms with Gasteiger partial charge in [0.15, 0.2) is 0 Å². The summed E-state index contributed by atoms with van der Waals surface area (Å²) in [5, 5.41) is 6.36. The van der Waals surface area contributed by atoms with Crippen molar-refractivity contribution in [2.45, 2.75) is 17.9 Å². The van der Waals surface area contributed by atoms with Crippen LogP contribution >= 0.6 is 27.3 Å². The molecule has 2 aromatic rings. The summed E-state index contributed by atoms with van der Waals surface area (Å²) in [5.41, 5.74) is 5.49. The van der Waals surface area contributed by atoms with Crippen molar-refractivity contribution in [1.29, 1.82) is 0 Å². The van der Waals surface area contributed by atoms with Crippen LogP contribution in [0.3, 0.4) is 0 Å². The highest BCUT2D eigenvalue weighted by atomic mass is 79.9. The molecule has 0 saturated carbocycles. The van der Waals surface area contributed by atoms with Gasteiger partial charge >= 0.3 is 0 Å². The highest BCUT2D eigenvalue weighted by Crippen LogP contribution is 2.31. The lowest BCUT2D eigenvalue weighted by Crippen LogP contribution is -2.26. The molecule has 0 fully saturated rings. The Hall–Kier alpha value is -0.810. The first kappa shape index (κ1) is 14.6. The third-order valence-corrected chi connectivity index (χ3v) is 6.05. The molecule has 2 heterocycles. The number of halogens is 1. The minimum atomic E-state index is -3.54.